The summed E-state index contributed by atoms with van der Waals surface area (Å²) < 4.78 is 13.2. The van der Waals surface area contributed by atoms with Crippen LogP contribution in [0.4, 0.5) is 27.4 Å². The lowest BCUT2D eigenvalue weighted by molar-refractivity contribution is 0.102. The molecule has 6 nitrogen and oxygen atoms in total. The maximum absolute atomic E-state index is 13.2. The molecule has 0 saturated carbocycles. The number of carbonyl (C=O) groups is 1. The summed E-state index contributed by atoms with van der Waals surface area (Å²) in [5, 5.41) is 5.74. The second-order valence-electron chi connectivity index (χ2n) is 6.63. The minimum Gasteiger partial charge on any atom is -0.372 e. The number of carbonyl (C=O) groups excluding carboxylic acids is 1. The SMILES string of the molecule is O=C(Nc1cccc(F)c1)c1cnc(Nc2ccc(N3CCCC3)cc2)nc1. The summed E-state index contributed by atoms with van der Waals surface area (Å²) in [5.41, 5.74) is 2.76. The highest BCUT2D eigenvalue weighted by molar-refractivity contribution is 6.03. The first kappa shape index (κ1) is 17.9. The van der Waals surface area contributed by atoms with Crippen LogP contribution in [0.15, 0.2) is 60.9 Å². The highest BCUT2D eigenvalue weighted by Crippen LogP contribution is 2.23. The average molecular weight is 377 g/mol. The molecule has 0 unspecified atom stereocenters. The van der Waals surface area contributed by atoms with Crippen molar-refractivity contribution in [3.63, 3.8) is 0 Å². The van der Waals surface area contributed by atoms with E-state index in [1.54, 1.807) is 6.07 Å². The zero-order chi connectivity index (χ0) is 19.3. The Hall–Kier alpha value is -3.48. The van der Waals surface area contributed by atoms with E-state index in [9.17, 15) is 9.18 Å². The molecule has 1 aliphatic rings. The van der Waals surface area contributed by atoms with E-state index in [0.717, 1.165) is 18.8 Å². The molecule has 0 atom stereocenters. The van der Waals surface area contributed by atoms with Crippen LogP contribution >= 0.6 is 0 Å². The van der Waals surface area contributed by atoms with Crippen molar-refractivity contribution < 1.29 is 9.18 Å². The number of nitrogens with zero attached hydrogens (tertiary/aromatic N) is 3. The van der Waals surface area contributed by atoms with Gasteiger partial charge in [0.15, 0.2) is 0 Å². The fourth-order valence-corrected chi connectivity index (χ4v) is 3.14. The monoisotopic (exact) mass is 377 g/mol. The Morgan fingerprint density at radius 1 is 0.964 bits per heavy atom. The molecular formula is C21H20FN5O. The van der Waals surface area contributed by atoms with Gasteiger partial charge in [-0.15, -0.1) is 0 Å². The van der Waals surface area contributed by atoms with Crippen molar-refractivity contribution in [1.29, 1.82) is 0 Å². The third-order valence-corrected chi connectivity index (χ3v) is 4.59. The van der Waals surface area contributed by atoms with Crippen LogP contribution in [0.1, 0.15) is 23.2 Å². The smallest absolute Gasteiger partial charge is 0.258 e. The Morgan fingerprint density at radius 2 is 1.68 bits per heavy atom. The zero-order valence-electron chi connectivity index (χ0n) is 15.2. The predicted octanol–water partition coefficient (Wildman–Crippen LogP) is 4.21. The van der Waals surface area contributed by atoms with E-state index in [4.69, 9.17) is 0 Å². The summed E-state index contributed by atoms with van der Waals surface area (Å²) >= 11 is 0. The number of rotatable bonds is 5. The fraction of sp³-hybridized carbons (Fsp3) is 0.190. The van der Waals surface area contributed by atoms with Crippen molar-refractivity contribution in [2.75, 3.05) is 28.6 Å². The van der Waals surface area contributed by atoms with Crippen LogP contribution < -0.4 is 15.5 Å². The first-order valence-electron chi connectivity index (χ1n) is 9.18. The van der Waals surface area contributed by atoms with Crippen molar-refractivity contribution in [3.05, 3.63) is 72.3 Å². The number of halogens is 1. The van der Waals surface area contributed by atoms with Gasteiger partial charge in [0.2, 0.25) is 5.95 Å². The Morgan fingerprint density at radius 3 is 2.36 bits per heavy atom. The van der Waals surface area contributed by atoms with Gasteiger partial charge in [-0.1, -0.05) is 6.07 Å². The summed E-state index contributed by atoms with van der Waals surface area (Å²) in [7, 11) is 0. The summed E-state index contributed by atoms with van der Waals surface area (Å²) in [5.74, 6) is -0.410. The first-order valence-corrected chi connectivity index (χ1v) is 9.18. The van der Waals surface area contributed by atoms with E-state index in [0.29, 0.717) is 17.2 Å². The number of benzene rings is 2. The molecule has 7 heteroatoms. The molecule has 2 N–H and O–H groups in total. The summed E-state index contributed by atoms with van der Waals surface area (Å²) in [6.45, 7) is 2.21. The van der Waals surface area contributed by atoms with Gasteiger partial charge in [0.1, 0.15) is 5.82 Å². The van der Waals surface area contributed by atoms with Crippen LogP contribution in [0, 0.1) is 5.82 Å². The van der Waals surface area contributed by atoms with Gasteiger partial charge in [-0.2, -0.15) is 0 Å². The third kappa shape index (κ3) is 4.25. The minimum atomic E-state index is -0.413. The Bertz CT molecular complexity index is 953. The van der Waals surface area contributed by atoms with Crippen LogP contribution in [0.25, 0.3) is 0 Å². The minimum absolute atomic E-state index is 0.291. The van der Waals surface area contributed by atoms with E-state index < -0.39 is 11.7 Å². The largest absolute Gasteiger partial charge is 0.372 e. The molecule has 0 spiro atoms. The average Bonchev–Trinajstić information content (AvgIpc) is 3.24. The van der Waals surface area contributed by atoms with E-state index in [2.05, 4.69) is 37.6 Å². The van der Waals surface area contributed by atoms with Crippen LogP contribution in [0.5, 0.6) is 0 Å². The van der Waals surface area contributed by atoms with Crippen LogP contribution in [-0.4, -0.2) is 29.0 Å². The van der Waals surface area contributed by atoms with E-state index >= 15 is 0 Å². The lowest BCUT2D eigenvalue weighted by Crippen LogP contribution is -2.17. The topological polar surface area (TPSA) is 70.2 Å². The maximum Gasteiger partial charge on any atom is 0.258 e. The van der Waals surface area contributed by atoms with Gasteiger partial charge in [0, 0.05) is 42.5 Å². The van der Waals surface area contributed by atoms with Gasteiger partial charge in [-0.25, -0.2) is 14.4 Å². The molecule has 4 rings (SSSR count). The van der Waals surface area contributed by atoms with Gasteiger partial charge in [-0.3, -0.25) is 4.79 Å². The molecule has 28 heavy (non-hydrogen) atoms. The normalized spacial score (nSPS) is 13.4. The predicted molar refractivity (Wildman–Crippen MR) is 108 cm³/mol. The van der Waals surface area contributed by atoms with Crippen molar-refractivity contribution in [2.45, 2.75) is 12.8 Å². The molecular weight excluding hydrogens is 357 g/mol. The summed E-state index contributed by atoms with van der Waals surface area (Å²) in [4.78, 5) is 23.0. The molecule has 2 heterocycles. The number of aromatic nitrogens is 2. The molecule has 1 amide bonds. The molecule has 0 aliphatic carbocycles. The van der Waals surface area contributed by atoms with Crippen LogP contribution in [-0.2, 0) is 0 Å². The second kappa shape index (κ2) is 8.04. The van der Waals surface area contributed by atoms with Gasteiger partial charge in [0.05, 0.1) is 5.56 Å². The Labute approximate surface area is 162 Å². The van der Waals surface area contributed by atoms with Crippen molar-refractivity contribution in [1.82, 2.24) is 9.97 Å². The molecule has 1 aromatic heterocycles. The molecule has 2 aromatic carbocycles. The van der Waals surface area contributed by atoms with Crippen molar-refractivity contribution in [2.24, 2.45) is 0 Å². The first-order chi connectivity index (χ1) is 13.7. The second-order valence-corrected chi connectivity index (χ2v) is 6.63. The highest BCUT2D eigenvalue weighted by Gasteiger charge is 2.12. The van der Waals surface area contributed by atoms with Gasteiger partial charge in [-0.05, 0) is 55.3 Å². The summed E-state index contributed by atoms with van der Waals surface area (Å²) in [6, 6.07) is 13.8. The Balaban J connectivity index is 1.38. The molecule has 1 fully saturated rings. The van der Waals surface area contributed by atoms with E-state index in [-0.39, 0.29) is 0 Å². The van der Waals surface area contributed by atoms with Gasteiger partial charge < -0.3 is 15.5 Å². The highest BCUT2D eigenvalue weighted by atomic mass is 19.1. The van der Waals surface area contributed by atoms with Crippen molar-refractivity contribution in [3.8, 4) is 0 Å². The Kier molecular flexibility index (Phi) is 5.14. The maximum atomic E-state index is 13.2. The molecule has 142 valence electrons. The standard InChI is InChI=1S/C21H20FN5O/c22-16-4-3-5-18(12-16)25-20(28)15-13-23-21(24-14-15)26-17-6-8-19(9-7-17)27-10-1-2-11-27/h3-9,12-14H,1-2,10-11H2,(H,25,28)(H,23,24,26). The van der Waals surface area contributed by atoms with E-state index in [1.807, 2.05) is 12.1 Å². The third-order valence-electron chi connectivity index (χ3n) is 4.59. The summed E-state index contributed by atoms with van der Waals surface area (Å²) in [6.07, 6.45) is 5.35. The van der Waals surface area contributed by atoms with E-state index in [1.165, 1.54) is 49.1 Å². The number of hydrogen-bond acceptors (Lipinski definition) is 5. The van der Waals surface area contributed by atoms with Crippen molar-refractivity contribution >= 4 is 28.9 Å². The lowest BCUT2D eigenvalue weighted by Gasteiger charge is -2.17. The fourth-order valence-electron chi connectivity index (χ4n) is 3.14. The van der Waals surface area contributed by atoms with Crippen LogP contribution in [0.3, 0.4) is 0 Å². The molecule has 3 aromatic rings. The molecule has 1 aliphatic heterocycles. The number of hydrogen-bond donors (Lipinski definition) is 2. The number of amides is 1. The molecule has 1 saturated heterocycles. The van der Waals surface area contributed by atoms with Crippen LogP contribution in [0.2, 0.25) is 0 Å². The van der Waals surface area contributed by atoms with Gasteiger partial charge >= 0.3 is 0 Å². The quantitative estimate of drug-likeness (QED) is 0.697. The lowest BCUT2D eigenvalue weighted by atomic mass is 10.2. The number of anilines is 4. The molecule has 0 radical (unpaired) electrons. The zero-order valence-corrected chi connectivity index (χ0v) is 15.2. The number of nitrogens with one attached hydrogen (secondary N) is 2. The molecule has 0 bridgehead atoms. The van der Waals surface area contributed by atoms with Gasteiger partial charge in [0.25, 0.3) is 5.91 Å².